The van der Waals surface area contributed by atoms with E-state index in [1.165, 1.54) is 50.5 Å². The third kappa shape index (κ3) is 8.14. The first kappa shape index (κ1) is 24.0. The van der Waals surface area contributed by atoms with Gasteiger partial charge in [0.05, 0.1) is 0 Å². The molecule has 1 saturated heterocycles. The van der Waals surface area contributed by atoms with Gasteiger partial charge in [0.25, 0.3) is 0 Å². The third-order valence-electron chi connectivity index (χ3n) is 7.63. The lowest BCUT2D eigenvalue weighted by Gasteiger charge is -2.37. The molecule has 0 N–H and O–H groups in total. The molecule has 1 aliphatic carbocycles. The third-order valence-corrected chi connectivity index (χ3v) is 11.4. The van der Waals surface area contributed by atoms with E-state index in [4.69, 9.17) is 11.6 Å². The van der Waals surface area contributed by atoms with E-state index in [1.54, 1.807) is 43.1 Å². The van der Waals surface area contributed by atoms with Crippen molar-refractivity contribution < 1.29 is 13.5 Å². The van der Waals surface area contributed by atoms with E-state index in [-0.39, 0.29) is 14.5 Å². The molecule has 1 aliphatic heterocycles. The average Bonchev–Trinajstić information content (AvgIpc) is 2.73. The number of rotatable bonds is 10. The number of benzene rings is 1. The highest BCUT2D eigenvalue weighted by Crippen LogP contribution is 2.42. The zero-order valence-electron chi connectivity index (χ0n) is 18.6. The molecular formula is C25H39ClF2OSi. The highest BCUT2D eigenvalue weighted by molar-refractivity contribution is 6.58. The minimum absolute atomic E-state index is 0.108. The molecule has 0 aromatic heterocycles. The van der Waals surface area contributed by atoms with E-state index in [0.29, 0.717) is 0 Å². The van der Waals surface area contributed by atoms with Crippen LogP contribution in [0.5, 0.6) is 5.75 Å². The molecule has 170 valence electrons. The van der Waals surface area contributed by atoms with Gasteiger partial charge in [-0.25, -0.2) is 0 Å². The molecule has 0 amide bonds. The molecule has 2 fully saturated rings. The molecule has 0 bridgehead atoms. The Hall–Kier alpha value is -0.613. The first-order valence-electron chi connectivity index (χ1n) is 12.3. The molecule has 1 nitrogen and oxygen atoms in total. The summed E-state index contributed by atoms with van der Waals surface area (Å²) in [5.41, 5.74) is -2.47. The van der Waals surface area contributed by atoms with Gasteiger partial charge in [-0.05, 0) is 61.1 Å². The van der Waals surface area contributed by atoms with E-state index in [2.05, 4.69) is 11.7 Å². The van der Waals surface area contributed by atoms with Gasteiger partial charge in [-0.2, -0.15) is 0 Å². The molecule has 1 heterocycles. The summed E-state index contributed by atoms with van der Waals surface area (Å²) in [6.07, 6.45) is 15.1. The van der Waals surface area contributed by atoms with Crippen LogP contribution >= 0.6 is 11.6 Å². The Morgan fingerprint density at radius 1 is 0.967 bits per heavy atom. The molecule has 1 aromatic rings. The lowest BCUT2D eigenvalue weighted by Crippen LogP contribution is -2.28. The molecular weight excluding hydrogens is 418 g/mol. The maximum atomic E-state index is 12.7. The average molecular weight is 457 g/mol. The molecule has 5 heteroatoms. The minimum atomic E-state index is -3.64. The predicted molar refractivity (Wildman–Crippen MR) is 125 cm³/mol. The molecule has 0 atom stereocenters. The van der Waals surface area contributed by atoms with Crippen LogP contribution in [0.25, 0.3) is 0 Å². The van der Waals surface area contributed by atoms with Gasteiger partial charge in [0.2, 0.25) is 0 Å². The second kappa shape index (κ2) is 11.9. The Morgan fingerprint density at radius 2 is 1.60 bits per heavy atom. The van der Waals surface area contributed by atoms with Gasteiger partial charge < -0.3 is 4.74 Å². The first-order chi connectivity index (χ1) is 14.4. The number of ether oxygens (including phenoxy) is 1. The standard InChI is InChI=1S/C25H39ClF2OSi/c1-2-17-30-18-15-23(16-19-30)22-11-7-20(8-12-22)5-3-4-6-21-9-13-24(14-10-21)29-25(26,27)28/h9-10,13-14,20,22-23,30H,2-8,11-12,15-19H2,1H3/t20-,22-,23-,30-. The lowest BCUT2D eigenvalue weighted by molar-refractivity contribution is -0.0964. The van der Waals surface area contributed by atoms with Crippen LogP contribution < -0.4 is 4.74 Å². The van der Waals surface area contributed by atoms with Crippen molar-refractivity contribution in [3.05, 3.63) is 29.8 Å². The first-order valence-corrected chi connectivity index (χ1v) is 15.1. The molecule has 3 rings (SSSR count). The number of hydrogen-bond donors (Lipinski definition) is 0. The number of alkyl halides is 3. The summed E-state index contributed by atoms with van der Waals surface area (Å²) in [6, 6.07) is 11.7. The predicted octanol–water partition coefficient (Wildman–Crippen LogP) is 8.42. The molecule has 0 spiro atoms. The highest BCUT2D eigenvalue weighted by Gasteiger charge is 2.31. The Kier molecular flexibility index (Phi) is 9.50. The summed E-state index contributed by atoms with van der Waals surface area (Å²) in [5.74, 6) is 3.11. The number of halogens is 3. The van der Waals surface area contributed by atoms with Crippen molar-refractivity contribution in [2.45, 2.75) is 101 Å². The summed E-state index contributed by atoms with van der Waals surface area (Å²) < 4.78 is 29.7. The highest BCUT2D eigenvalue weighted by atomic mass is 35.5. The summed E-state index contributed by atoms with van der Waals surface area (Å²) in [7, 11) is -0.336. The van der Waals surface area contributed by atoms with Crippen molar-refractivity contribution in [1.29, 1.82) is 0 Å². The summed E-state index contributed by atoms with van der Waals surface area (Å²) in [6.45, 7) is 2.36. The topological polar surface area (TPSA) is 9.23 Å². The van der Waals surface area contributed by atoms with Crippen LogP contribution in [-0.2, 0) is 6.42 Å². The molecule has 30 heavy (non-hydrogen) atoms. The number of aryl methyl sites for hydroxylation is 1. The summed E-state index contributed by atoms with van der Waals surface area (Å²) in [4.78, 5) is 0. The van der Waals surface area contributed by atoms with Crippen molar-refractivity contribution in [2.24, 2.45) is 17.8 Å². The van der Waals surface area contributed by atoms with Gasteiger partial charge in [0, 0.05) is 20.4 Å². The van der Waals surface area contributed by atoms with E-state index >= 15 is 0 Å². The molecule has 2 aliphatic rings. The zero-order valence-corrected chi connectivity index (χ0v) is 20.5. The molecule has 0 unspecified atom stereocenters. The van der Waals surface area contributed by atoms with Crippen LogP contribution in [0.3, 0.4) is 0 Å². The van der Waals surface area contributed by atoms with Crippen LogP contribution in [0.1, 0.15) is 76.7 Å². The van der Waals surface area contributed by atoms with Gasteiger partial charge in [-0.1, -0.05) is 82.1 Å². The van der Waals surface area contributed by atoms with Crippen molar-refractivity contribution in [1.82, 2.24) is 0 Å². The normalized spacial score (nSPS) is 27.7. The second-order valence-corrected chi connectivity index (χ2v) is 13.7. The van der Waals surface area contributed by atoms with E-state index in [1.807, 2.05) is 12.1 Å². The van der Waals surface area contributed by atoms with Crippen LogP contribution in [0.15, 0.2) is 24.3 Å². The fourth-order valence-electron chi connectivity index (χ4n) is 5.92. The molecule has 1 aromatic carbocycles. The Balaban J connectivity index is 1.27. The lowest BCUT2D eigenvalue weighted by atomic mass is 9.73. The van der Waals surface area contributed by atoms with Gasteiger partial charge in [-0.15, -0.1) is 8.78 Å². The van der Waals surface area contributed by atoms with Crippen molar-refractivity contribution in [3.8, 4) is 5.75 Å². The summed E-state index contributed by atoms with van der Waals surface area (Å²) >= 11 is 4.80. The summed E-state index contributed by atoms with van der Waals surface area (Å²) in [5, 5.41) is 0. The van der Waals surface area contributed by atoms with E-state index < -0.39 is 5.57 Å². The van der Waals surface area contributed by atoms with Crippen LogP contribution in [0.2, 0.25) is 18.1 Å². The number of hydrogen-bond acceptors (Lipinski definition) is 1. The van der Waals surface area contributed by atoms with Gasteiger partial charge in [0.15, 0.2) is 0 Å². The zero-order chi connectivity index (χ0) is 21.4. The quantitative estimate of drug-likeness (QED) is 0.195. The second-order valence-electron chi connectivity index (χ2n) is 9.79. The van der Waals surface area contributed by atoms with Gasteiger partial charge in [-0.3, -0.25) is 0 Å². The van der Waals surface area contributed by atoms with Crippen LogP contribution in [0, 0.1) is 17.8 Å². The van der Waals surface area contributed by atoms with Crippen molar-refractivity contribution >= 4 is 20.4 Å². The van der Waals surface area contributed by atoms with E-state index in [0.717, 1.165) is 30.6 Å². The Morgan fingerprint density at radius 3 is 2.20 bits per heavy atom. The largest absolute Gasteiger partial charge is 0.487 e. The van der Waals surface area contributed by atoms with Crippen LogP contribution in [0.4, 0.5) is 8.78 Å². The number of unbranched alkanes of at least 4 members (excludes halogenated alkanes) is 1. The smallest absolute Gasteiger partial charge is 0.420 e. The van der Waals surface area contributed by atoms with E-state index in [9.17, 15) is 8.78 Å². The fourth-order valence-corrected chi connectivity index (χ4v) is 9.50. The molecule has 0 radical (unpaired) electrons. The van der Waals surface area contributed by atoms with Gasteiger partial charge >= 0.3 is 5.57 Å². The van der Waals surface area contributed by atoms with Crippen molar-refractivity contribution in [3.63, 3.8) is 0 Å². The Bertz CT molecular complexity index is 603. The SMILES string of the molecule is CCC[Si@H]1CC[C@H]([C@H]2CC[C@H](CCCCc3ccc(OC(F)(F)Cl)cc3)CC2)CC1. The minimum Gasteiger partial charge on any atom is -0.420 e. The Labute approximate surface area is 188 Å². The van der Waals surface area contributed by atoms with Crippen LogP contribution in [-0.4, -0.2) is 14.4 Å². The monoisotopic (exact) mass is 456 g/mol. The molecule has 1 saturated carbocycles. The maximum absolute atomic E-state index is 12.7. The maximum Gasteiger partial charge on any atom is 0.487 e. The van der Waals surface area contributed by atoms with Gasteiger partial charge in [0.1, 0.15) is 5.75 Å². The fraction of sp³-hybridized carbons (Fsp3) is 0.760. The van der Waals surface area contributed by atoms with Crippen molar-refractivity contribution in [2.75, 3.05) is 0 Å².